The fourth-order valence-corrected chi connectivity index (χ4v) is 2.76. The van der Waals surface area contributed by atoms with E-state index in [9.17, 15) is 4.79 Å². The zero-order valence-corrected chi connectivity index (χ0v) is 12.6. The van der Waals surface area contributed by atoms with Crippen molar-refractivity contribution in [2.75, 3.05) is 18.4 Å². The third kappa shape index (κ3) is 4.25. The summed E-state index contributed by atoms with van der Waals surface area (Å²) in [5, 5.41) is 7.22. The van der Waals surface area contributed by atoms with Crippen molar-refractivity contribution in [3.05, 3.63) is 27.2 Å². The van der Waals surface area contributed by atoms with Gasteiger partial charge in [-0.25, -0.2) is 0 Å². The van der Waals surface area contributed by atoms with E-state index < -0.39 is 0 Å². The van der Waals surface area contributed by atoms with Crippen LogP contribution in [-0.4, -0.2) is 19.0 Å². The molecule has 1 aliphatic rings. The topological polar surface area (TPSA) is 41.1 Å². The van der Waals surface area contributed by atoms with Crippen LogP contribution in [0, 0.1) is 5.92 Å². The lowest BCUT2D eigenvalue weighted by atomic mass is 9.94. The Morgan fingerprint density at radius 3 is 2.47 bits per heavy atom. The molecule has 1 amide bonds. The van der Waals surface area contributed by atoms with E-state index in [0.29, 0.717) is 33.1 Å². The molecule has 104 valence electrons. The lowest BCUT2D eigenvalue weighted by Gasteiger charge is -2.22. The summed E-state index contributed by atoms with van der Waals surface area (Å²) in [5.41, 5.74) is 0.509. The summed E-state index contributed by atoms with van der Waals surface area (Å²) in [4.78, 5) is 12.0. The minimum Gasteiger partial charge on any atom is -0.325 e. The van der Waals surface area contributed by atoms with Crippen molar-refractivity contribution < 1.29 is 4.79 Å². The Morgan fingerprint density at radius 1 is 1.16 bits per heavy atom. The van der Waals surface area contributed by atoms with Gasteiger partial charge in [-0.3, -0.25) is 4.79 Å². The maximum absolute atomic E-state index is 12.0. The first-order chi connectivity index (χ1) is 9.06. The predicted octanol–water partition coefficient (Wildman–Crippen LogP) is 3.98. The van der Waals surface area contributed by atoms with Crippen molar-refractivity contribution >= 4 is 46.4 Å². The number of nitrogens with one attached hydrogen (secondary N) is 2. The summed E-state index contributed by atoms with van der Waals surface area (Å²) in [6.45, 7) is 1.96. The van der Waals surface area contributed by atoms with E-state index in [2.05, 4.69) is 10.6 Å². The molecular weight excluding hydrogens is 307 g/mol. The first-order valence-corrected chi connectivity index (χ1v) is 7.35. The molecule has 19 heavy (non-hydrogen) atoms. The number of hydrogen-bond acceptors (Lipinski definition) is 2. The first kappa shape index (κ1) is 14.9. The Labute approximate surface area is 127 Å². The van der Waals surface area contributed by atoms with Crippen LogP contribution in [0.15, 0.2) is 12.1 Å². The molecule has 1 aromatic rings. The Balaban J connectivity index is 1.96. The molecule has 0 spiro atoms. The van der Waals surface area contributed by atoms with Gasteiger partial charge in [0.15, 0.2) is 0 Å². The van der Waals surface area contributed by atoms with E-state index in [0.717, 1.165) is 25.9 Å². The second-order valence-electron chi connectivity index (χ2n) is 4.69. The van der Waals surface area contributed by atoms with Crippen LogP contribution in [0.3, 0.4) is 0 Å². The van der Waals surface area contributed by atoms with Gasteiger partial charge in [-0.15, -0.1) is 0 Å². The van der Waals surface area contributed by atoms with E-state index in [1.807, 2.05) is 0 Å². The first-order valence-electron chi connectivity index (χ1n) is 6.21. The van der Waals surface area contributed by atoms with Crippen LogP contribution in [0.5, 0.6) is 0 Å². The average Bonchev–Trinajstić information content (AvgIpc) is 2.37. The number of carbonyl (C=O) groups excluding carboxylic acids is 1. The maximum atomic E-state index is 12.0. The van der Waals surface area contributed by atoms with Gasteiger partial charge in [0, 0.05) is 6.42 Å². The molecule has 2 rings (SSSR count). The Kier molecular flexibility index (Phi) is 5.34. The van der Waals surface area contributed by atoms with Gasteiger partial charge >= 0.3 is 0 Å². The van der Waals surface area contributed by atoms with E-state index in [1.165, 1.54) is 6.07 Å². The normalized spacial score (nSPS) is 16.4. The third-order valence-corrected chi connectivity index (χ3v) is 4.25. The van der Waals surface area contributed by atoms with Crippen LogP contribution in [0.2, 0.25) is 15.1 Å². The minimum atomic E-state index is -0.0350. The van der Waals surface area contributed by atoms with Gasteiger partial charge in [0.2, 0.25) is 5.91 Å². The molecule has 1 aliphatic heterocycles. The second kappa shape index (κ2) is 6.80. The predicted molar refractivity (Wildman–Crippen MR) is 80.3 cm³/mol. The quantitative estimate of drug-likeness (QED) is 0.827. The lowest BCUT2D eigenvalue weighted by Crippen LogP contribution is -2.30. The number of halogens is 3. The van der Waals surface area contributed by atoms with Crippen molar-refractivity contribution in [3.8, 4) is 0 Å². The number of carbonyl (C=O) groups is 1. The van der Waals surface area contributed by atoms with Crippen LogP contribution < -0.4 is 10.6 Å². The van der Waals surface area contributed by atoms with E-state index >= 15 is 0 Å². The number of benzene rings is 1. The number of piperidine rings is 1. The van der Waals surface area contributed by atoms with E-state index in [-0.39, 0.29) is 5.91 Å². The summed E-state index contributed by atoms with van der Waals surface area (Å²) in [6.07, 6.45) is 2.57. The molecule has 1 aromatic carbocycles. The van der Waals surface area contributed by atoms with Crippen molar-refractivity contribution in [2.24, 2.45) is 5.92 Å². The molecule has 0 atom stereocenters. The zero-order valence-electron chi connectivity index (χ0n) is 10.3. The van der Waals surface area contributed by atoms with Gasteiger partial charge in [-0.1, -0.05) is 34.8 Å². The molecule has 0 aromatic heterocycles. The SMILES string of the molecule is O=C(CC1CCNCC1)Nc1cc(Cl)c(Cl)cc1Cl. The van der Waals surface area contributed by atoms with Crippen molar-refractivity contribution in [3.63, 3.8) is 0 Å². The minimum absolute atomic E-state index is 0.0350. The molecule has 0 radical (unpaired) electrons. The fourth-order valence-electron chi connectivity index (χ4n) is 2.17. The van der Waals surface area contributed by atoms with Gasteiger partial charge in [0.05, 0.1) is 20.8 Å². The average molecular weight is 322 g/mol. The summed E-state index contributed by atoms with van der Waals surface area (Å²) >= 11 is 17.8. The fraction of sp³-hybridized carbons (Fsp3) is 0.462. The molecule has 1 fully saturated rings. The van der Waals surface area contributed by atoms with Gasteiger partial charge < -0.3 is 10.6 Å². The van der Waals surface area contributed by atoms with Gasteiger partial charge in [-0.2, -0.15) is 0 Å². The van der Waals surface area contributed by atoms with Crippen molar-refractivity contribution in [2.45, 2.75) is 19.3 Å². The van der Waals surface area contributed by atoms with E-state index in [1.54, 1.807) is 6.07 Å². The number of anilines is 1. The molecular formula is C13H15Cl3N2O. The van der Waals surface area contributed by atoms with Gasteiger partial charge in [-0.05, 0) is 44.0 Å². The van der Waals surface area contributed by atoms with Gasteiger partial charge in [0.25, 0.3) is 0 Å². The highest BCUT2D eigenvalue weighted by Crippen LogP contribution is 2.32. The highest BCUT2D eigenvalue weighted by atomic mass is 35.5. The smallest absolute Gasteiger partial charge is 0.224 e. The molecule has 1 saturated heterocycles. The largest absolute Gasteiger partial charge is 0.325 e. The molecule has 2 N–H and O–H groups in total. The molecule has 3 nitrogen and oxygen atoms in total. The van der Waals surface area contributed by atoms with Crippen LogP contribution >= 0.6 is 34.8 Å². The van der Waals surface area contributed by atoms with Crippen molar-refractivity contribution in [1.29, 1.82) is 0 Å². The maximum Gasteiger partial charge on any atom is 0.224 e. The summed E-state index contributed by atoms with van der Waals surface area (Å²) in [7, 11) is 0. The van der Waals surface area contributed by atoms with Crippen LogP contribution in [-0.2, 0) is 4.79 Å². The summed E-state index contributed by atoms with van der Waals surface area (Å²) in [6, 6.07) is 3.11. The molecule has 0 unspecified atom stereocenters. The Hall–Kier alpha value is -0.480. The van der Waals surface area contributed by atoms with Crippen LogP contribution in [0.4, 0.5) is 5.69 Å². The zero-order chi connectivity index (χ0) is 13.8. The summed E-state index contributed by atoms with van der Waals surface area (Å²) < 4.78 is 0. The van der Waals surface area contributed by atoms with Gasteiger partial charge in [0.1, 0.15) is 0 Å². The van der Waals surface area contributed by atoms with E-state index in [4.69, 9.17) is 34.8 Å². The second-order valence-corrected chi connectivity index (χ2v) is 5.91. The number of amides is 1. The van der Waals surface area contributed by atoms with Crippen LogP contribution in [0.1, 0.15) is 19.3 Å². The molecule has 6 heteroatoms. The Morgan fingerprint density at radius 2 is 1.79 bits per heavy atom. The number of hydrogen-bond donors (Lipinski definition) is 2. The van der Waals surface area contributed by atoms with Crippen LogP contribution in [0.25, 0.3) is 0 Å². The molecule has 0 bridgehead atoms. The molecule has 1 heterocycles. The lowest BCUT2D eigenvalue weighted by molar-refractivity contribution is -0.117. The highest BCUT2D eigenvalue weighted by molar-refractivity contribution is 6.44. The standard InChI is InChI=1S/C13H15Cl3N2O/c14-9-6-11(16)12(7-10(9)15)18-13(19)5-8-1-3-17-4-2-8/h6-8,17H,1-5H2,(H,18,19). The molecule has 0 aliphatic carbocycles. The summed E-state index contributed by atoms with van der Waals surface area (Å²) in [5.74, 6) is 0.398. The highest BCUT2D eigenvalue weighted by Gasteiger charge is 2.17. The Bertz CT molecular complexity index is 473. The number of rotatable bonds is 3. The third-order valence-electron chi connectivity index (χ3n) is 3.22. The van der Waals surface area contributed by atoms with Crippen molar-refractivity contribution in [1.82, 2.24) is 5.32 Å². The molecule has 0 saturated carbocycles. The monoisotopic (exact) mass is 320 g/mol.